The van der Waals surface area contributed by atoms with Crippen LogP contribution < -0.4 is 0 Å². The average Bonchev–Trinajstić information content (AvgIpc) is 2.39. The molecule has 0 aromatic heterocycles. The maximum Gasteiger partial charge on any atom is 0.322 e. The zero-order valence-corrected chi connectivity index (χ0v) is 12.5. The van der Waals surface area contributed by atoms with Gasteiger partial charge in [-0.3, -0.25) is 4.57 Å². The van der Waals surface area contributed by atoms with Gasteiger partial charge in [-0.25, -0.2) is 8.42 Å². The summed E-state index contributed by atoms with van der Waals surface area (Å²) in [5.74, 6) is 0. The molecule has 108 valence electrons. The Bertz CT molecular complexity index is 623. The van der Waals surface area contributed by atoms with E-state index in [4.69, 9.17) is 9.79 Å². The van der Waals surface area contributed by atoms with E-state index in [1.54, 1.807) is 60.7 Å². The standard InChI is InChI=1S/C12H10O2S.CH5O3P/c13-15(14,11-7-3-1-4-8-11)12-9-5-2-6-10-12;1-5(2,3)4/h1-10H;1H3,(H2,2,3,4). The smallest absolute Gasteiger partial charge is 0.322 e. The summed E-state index contributed by atoms with van der Waals surface area (Å²) < 4.78 is 33.4. The maximum atomic E-state index is 12.0. The van der Waals surface area contributed by atoms with Gasteiger partial charge in [0.2, 0.25) is 9.84 Å². The molecule has 2 aromatic rings. The van der Waals surface area contributed by atoms with E-state index in [9.17, 15) is 13.0 Å². The first-order chi connectivity index (χ1) is 9.21. The van der Waals surface area contributed by atoms with Gasteiger partial charge in [-0.1, -0.05) is 36.4 Å². The molecule has 0 aliphatic rings. The Balaban J connectivity index is 0.000000347. The zero-order chi connectivity index (χ0) is 15.2. The summed E-state index contributed by atoms with van der Waals surface area (Å²) in [6.45, 7) is 0.854. The number of sulfone groups is 1. The van der Waals surface area contributed by atoms with Gasteiger partial charge in [0.25, 0.3) is 0 Å². The van der Waals surface area contributed by atoms with Gasteiger partial charge in [0.15, 0.2) is 0 Å². The maximum absolute atomic E-state index is 12.0. The van der Waals surface area contributed by atoms with Crippen molar-refractivity contribution in [3.8, 4) is 0 Å². The number of hydrogen-bond acceptors (Lipinski definition) is 3. The second-order valence-electron chi connectivity index (χ2n) is 3.96. The lowest BCUT2D eigenvalue weighted by molar-refractivity contribution is 0.381. The fraction of sp³-hybridized carbons (Fsp3) is 0.0769. The van der Waals surface area contributed by atoms with Crippen LogP contribution in [0.4, 0.5) is 0 Å². The Hall–Kier alpha value is -1.46. The summed E-state index contributed by atoms with van der Waals surface area (Å²) in [4.78, 5) is 15.9. The number of hydrogen-bond donors (Lipinski definition) is 2. The van der Waals surface area contributed by atoms with Crippen LogP contribution in [0, 0.1) is 0 Å². The van der Waals surface area contributed by atoms with E-state index in [1.807, 2.05) is 0 Å². The van der Waals surface area contributed by atoms with Gasteiger partial charge in [-0.2, -0.15) is 0 Å². The molecular weight excluding hydrogens is 299 g/mol. The van der Waals surface area contributed by atoms with Crippen LogP contribution in [0.25, 0.3) is 0 Å². The van der Waals surface area contributed by atoms with Crippen molar-refractivity contribution in [2.24, 2.45) is 0 Å². The molecule has 2 N–H and O–H groups in total. The minimum absolute atomic E-state index is 0.330. The molecule has 0 aliphatic carbocycles. The average molecular weight is 314 g/mol. The minimum atomic E-state index is -3.64. The fourth-order valence-electron chi connectivity index (χ4n) is 1.34. The van der Waals surface area contributed by atoms with Crippen LogP contribution in [-0.4, -0.2) is 24.9 Å². The number of rotatable bonds is 2. The summed E-state index contributed by atoms with van der Waals surface area (Å²) in [7, 11) is -6.98. The normalized spacial score (nSPS) is 11.3. The largest absolute Gasteiger partial charge is 0.325 e. The van der Waals surface area contributed by atoms with Crippen molar-refractivity contribution in [1.82, 2.24) is 0 Å². The summed E-state index contributed by atoms with van der Waals surface area (Å²) in [6, 6.07) is 16.9. The van der Waals surface area contributed by atoms with Crippen LogP contribution in [0.15, 0.2) is 70.5 Å². The van der Waals surface area contributed by atoms with Crippen molar-refractivity contribution in [2.45, 2.75) is 9.79 Å². The molecule has 5 nitrogen and oxygen atoms in total. The van der Waals surface area contributed by atoms with E-state index in [1.165, 1.54) is 0 Å². The molecule has 0 bridgehead atoms. The molecule has 0 saturated heterocycles. The molecule has 0 saturated carbocycles. The minimum Gasteiger partial charge on any atom is -0.325 e. The van der Waals surface area contributed by atoms with Crippen LogP contribution in [0.1, 0.15) is 0 Å². The lowest BCUT2D eigenvalue weighted by atomic mass is 10.4. The molecule has 2 aromatic carbocycles. The Morgan fingerprint density at radius 3 is 1.30 bits per heavy atom. The molecule has 20 heavy (non-hydrogen) atoms. The molecule has 0 aliphatic heterocycles. The predicted octanol–water partition coefficient (Wildman–Crippen LogP) is 2.31. The first-order valence-corrected chi connectivity index (χ1v) is 9.14. The van der Waals surface area contributed by atoms with Gasteiger partial charge < -0.3 is 9.79 Å². The first kappa shape index (κ1) is 16.6. The lowest BCUT2D eigenvalue weighted by Gasteiger charge is -2.03. The van der Waals surface area contributed by atoms with E-state index in [2.05, 4.69) is 0 Å². The van der Waals surface area contributed by atoms with Crippen LogP contribution in [0.2, 0.25) is 0 Å². The van der Waals surface area contributed by atoms with Gasteiger partial charge in [-0.15, -0.1) is 0 Å². The summed E-state index contributed by atoms with van der Waals surface area (Å²) in [5.41, 5.74) is 0. The van der Waals surface area contributed by atoms with Crippen molar-refractivity contribution in [3.63, 3.8) is 0 Å². The second kappa shape index (κ2) is 6.81. The molecule has 2 rings (SSSR count). The Morgan fingerprint density at radius 2 is 1.05 bits per heavy atom. The highest BCUT2D eigenvalue weighted by Gasteiger charge is 2.15. The van der Waals surface area contributed by atoms with E-state index in [0.717, 1.165) is 6.66 Å². The highest BCUT2D eigenvalue weighted by molar-refractivity contribution is 7.91. The molecule has 0 fully saturated rings. The van der Waals surface area contributed by atoms with Gasteiger partial charge in [0.1, 0.15) is 0 Å². The summed E-state index contributed by atoms with van der Waals surface area (Å²) in [5, 5.41) is 0. The van der Waals surface area contributed by atoms with Gasteiger partial charge in [0, 0.05) is 6.66 Å². The van der Waals surface area contributed by atoms with E-state index >= 15 is 0 Å². The Morgan fingerprint density at radius 1 is 0.800 bits per heavy atom. The fourth-order valence-corrected chi connectivity index (χ4v) is 2.64. The highest BCUT2D eigenvalue weighted by Crippen LogP contribution is 2.26. The third-order valence-electron chi connectivity index (χ3n) is 2.11. The molecular formula is C13H15O5PS. The highest BCUT2D eigenvalue weighted by atomic mass is 32.2. The Kier molecular flexibility index (Phi) is 5.65. The van der Waals surface area contributed by atoms with Crippen LogP contribution in [0.5, 0.6) is 0 Å². The van der Waals surface area contributed by atoms with Crippen molar-refractivity contribution in [3.05, 3.63) is 60.7 Å². The van der Waals surface area contributed by atoms with Gasteiger partial charge in [-0.05, 0) is 24.3 Å². The van der Waals surface area contributed by atoms with Crippen molar-refractivity contribution in [1.29, 1.82) is 0 Å². The van der Waals surface area contributed by atoms with Gasteiger partial charge >= 0.3 is 7.60 Å². The molecule has 0 amide bonds. The van der Waals surface area contributed by atoms with Crippen LogP contribution >= 0.6 is 7.60 Å². The lowest BCUT2D eigenvalue weighted by Crippen LogP contribution is -2.00. The summed E-state index contributed by atoms with van der Waals surface area (Å²) >= 11 is 0. The molecule has 0 spiro atoms. The molecule has 7 heteroatoms. The van der Waals surface area contributed by atoms with Crippen molar-refractivity contribution in [2.75, 3.05) is 6.66 Å². The molecule has 0 radical (unpaired) electrons. The van der Waals surface area contributed by atoms with Crippen molar-refractivity contribution < 1.29 is 22.8 Å². The van der Waals surface area contributed by atoms with E-state index < -0.39 is 17.4 Å². The van der Waals surface area contributed by atoms with Gasteiger partial charge in [0.05, 0.1) is 9.79 Å². The van der Waals surface area contributed by atoms with Crippen molar-refractivity contribution >= 4 is 17.4 Å². The van der Waals surface area contributed by atoms with E-state index in [-0.39, 0.29) is 0 Å². The predicted molar refractivity (Wildman–Crippen MR) is 76.3 cm³/mol. The third kappa shape index (κ3) is 5.67. The molecule has 0 atom stereocenters. The first-order valence-electron chi connectivity index (χ1n) is 5.59. The van der Waals surface area contributed by atoms with Crippen LogP contribution in [0.3, 0.4) is 0 Å². The molecule has 0 unspecified atom stereocenters. The Labute approximate surface area is 118 Å². The number of benzene rings is 2. The third-order valence-corrected chi connectivity index (χ3v) is 3.89. The zero-order valence-electron chi connectivity index (χ0n) is 10.7. The SMILES string of the molecule is CP(=O)(O)O.O=S(=O)(c1ccccc1)c1ccccc1. The quantitative estimate of drug-likeness (QED) is 0.830. The second-order valence-corrected chi connectivity index (χ2v) is 7.59. The van der Waals surface area contributed by atoms with E-state index in [0.29, 0.717) is 9.79 Å². The monoisotopic (exact) mass is 314 g/mol. The van der Waals surface area contributed by atoms with Crippen LogP contribution in [-0.2, 0) is 14.4 Å². The topological polar surface area (TPSA) is 91.7 Å². The summed E-state index contributed by atoms with van der Waals surface area (Å²) in [6.07, 6.45) is 0. The molecule has 0 heterocycles.